The quantitative estimate of drug-likeness (QED) is 0.632. The van der Waals surface area contributed by atoms with Crippen LogP contribution in [0.15, 0.2) is 57.9 Å². The lowest BCUT2D eigenvalue weighted by molar-refractivity contribution is -0.120. The van der Waals surface area contributed by atoms with E-state index in [2.05, 4.69) is 62.4 Å². The zero-order valence-corrected chi connectivity index (χ0v) is 18.9. The molecule has 0 aromatic heterocycles. The summed E-state index contributed by atoms with van der Waals surface area (Å²) in [6, 6.07) is 16.6. The monoisotopic (exact) mass is 461 g/mol. The fourth-order valence-electron chi connectivity index (χ4n) is 3.21. The molecule has 2 aromatic carbocycles. The van der Waals surface area contributed by atoms with E-state index in [0.717, 1.165) is 47.7 Å². The van der Waals surface area contributed by atoms with Crippen LogP contribution in [0.1, 0.15) is 18.1 Å². The highest BCUT2D eigenvalue weighted by Gasteiger charge is 2.15. The van der Waals surface area contributed by atoms with Crippen molar-refractivity contribution in [1.82, 2.24) is 15.1 Å². The molecule has 0 bridgehead atoms. The maximum Gasteiger partial charge on any atom is 0.233 e. The summed E-state index contributed by atoms with van der Waals surface area (Å²) in [6.45, 7) is 7.98. The van der Waals surface area contributed by atoms with Gasteiger partial charge in [0.2, 0.25) is 5.91 Å². The molecule has 1 aliphatic rings. The maximum absolute atomic E-state index is 12.5. The van der Waals surface area contributed by atoms with Gasteiger partial charge in [-0.15, -0.1) is 11.8 Å². The lowest BCUT2D eigenvalue weighted by Crippen LogP contribution is -2.43. The van der Waals surface area contributed by atoms with E-state index < -0.39 is 0 Å². The van der Waals surface area contributed by atoms with Gasteiger partial charge in [-0.1, -0.05) is 40.2 Å². The number of thioether (sulfide) groups is 1. The summed E-state index contributed by atoms with van der Waals surface area (Å²) in [7, 11) is 2.18. The van der Waals surface area contributed by atoms with Gasteiger partial charge >= 0.3 is 0 Å². The fourth-order valence-corrected chi connectivity index (χ4v) is 4.36. The minimum absolute atomic E-state index is 0.0670. The average Bonchev–Trinajstić information content (AvgIpc) is 2.70. The topological polar surface area (TPSA) is 35.6 Å². The van der Waals surface area contributed by atoms with Crippen LogP contribution in [0.5, 0.6) is 0 Å². The van der Waals surface area contributed by atoms with Gasteiger partial charge in [-0.25, -0.2) is 0 Å². The molecule has 4 nitrogen and oxygen atoms in total. The van der Waals surface area contributed by atoms with Gasteiger partial charge in [0.15, 0.2) is 0 Å². The number of benzene rings is 2. The lowest BCUT2D eigenvalue weighted by Gasteiger charge is -2.32. The first-order valence-electron chi connectivity index (χ1n) is 9.68. The predicted octanol–water partition coefficient (Wildman–Crippen LogP) is 3.99. The fraction of sp³-hybridized carbons (Fsp3) is 0.409. The van der Waals surface area contributed by atoms with Crippen molar-refractivity contribution in [3.05, 3.63) is 64.1 Å². The molecule has 1 heterocycles. The van der Waals surface area contributed by atoms with Gasteiger partial charge in [0.1, 0.15) is 0 Å². The second kappa shape index (κ2) is 10.4. The minimum Gasteiger partial charge on any atom is -0.351 e. The van der Waals surface area contributed by atoms with Gasteiger partial charge in [-0.05, 0) is 49.4 Å². The molecule has 1 amide bonds. The molecule has 0 saturated carbocycles. The number of nitrogens with one attached hydrogen (secondary N) is 1. The van der Waals surface area contributed by atoms with Gasteiger partial charge in [-0.3, -0.25) is 9.69 Å². The number of hydrogen-bond donors (Lipinski definition) is 1. The van der Waals surface area contributed by atoms with Crippen molar-refractivity contribution in [2.24, 2.45) is 0 Å². The molecular weight excluding hydrogens is 434 g/mol. The van der Waals surface area contributed by atoms with E-state index in [4.69, 9.17) is 0 Å². The van der Waals surface area contributed by atoms with E-state index in [1.165, 1.54) is 5.56 Å². The predicted molar refractivity (Wildman–Crippen MR) is 121 cm³/mol. The second-order valence-corrected chi connectivity index (χ2v) is 9.66. The molecule has 28 heavy (non-hydrogen) atoms. The van der Waals surface area contributed by atoms with Gasteiger partial charge in [-0.2, -0.15) is 0 Å². The summed E-state index contributed by atoms with van der Waals surface area (Å²) in [5.74, 6) is 0.0670. The molecule has 1 aliphatic heterocycles. The summed E-state index contributed by atoms with van der Waals surface area (Å²) in [5.41, 5.74) is 2.47. The van der Waals surface area contributed by atoms with Crippen LogP contribution in [-0.4, -0.2) is 54.2 Å². The third kappa shape index (κ3) is 6.62. The molecule has 1 N–H and O–H groups in total. The van der Waals surface area contributed by atoms with E-state index in [1.54, 1.807) is 11.8 Å². The summed E-state index contributed by atoms with van der Waals surface area (Å²) in [4.78, 5) is 18.4. The normalized spacial score (nSPS) is 16.7. The standard InChI is InChI=1S/C22H28BrN3OS/c1-17(28-21-8-6-20(23)7-9-21)22(27)24-15-18-4-3-5-19(14-18)16-26-12-10-25(2)11-13-26/h3-9,14,17H,10-13,15-16H2,1-2H3,(H,24,27). The molecule has 3 rings (SSSR count). The first-order chi connectivity index (χ1) is 13.5. The summed E-state index contributed by atoms with van der Waals surface area (Å²) in [5, 5.41) is 2.95. The first kappa shape index (κ1) is 21.4. The minimum atomic E-state index is -0.130. The van der Waals surface area contributed by atoms with Crippen molar-refractivity contribution in [3.8, 4) is 0 Å². The maximum atomic E-state index is 12.5. The second-order valence-electron chi connectivity index (χ2n) is 7.33. The van der Waals surface area contributed by atoms with Gasteiger partial charge in [0.25, 0.3) is 0 Å². The van der Waals surface area contributed by atoms with Crippen molar-refractivity contribution < 1.29 is 4.79 Å². The van der Waals surface area contributed by atoms with Crippen molar-refractivity contribution in [3.63, 3.8) is 0 Å². The highest BCUT2D eigenvalue weighted by Crippen LogP contribution is 2.25. The molecular formula is C22H28BrN3OS. The van der Waals surface area contributed by atoms with Crippen LogP contribution in [0.25, 0.3) is 0 Å². The molecule has 1 saturated heterocycles. The Balaban J connectivity index is 1.48. The van der Waals surface area contributed by atoms with Crippen molar-refractivity contribution >= 4 is 33.6 Å². The van der Waals surface area contributed by atoms with Crippen molar-refractivity contribution in [2.45, 2.75) is 30.2 Å². The number of carbonyl (C=O) groups is 1. The summed E-state index contributed by atoms with van der Waals surface area (Å²) in [6.07, 6.45) is 0. The van der Waals surface area contributed by atoms with E-state index >= 15 is 0 Å². The Morgan fingerprint density at radius 2 is 1.79 bits per heavy atom. The third-order valence-electron chi connectivity index (χ3n) is 4.96. The van der Waals surface area contributed by atoms with E-state index in [0.29, 0.717) is 6.54 Å². The number of hydrogen-bond acceptors (Lipinski definition) is 4. The number of nitrogens with zero attached hydrogens (tertiary/aromatic N) is 2. The van der Waals surface area contributed by atoms with Crippen LogP contribution in [-0.2, 0) is 17.9 Å². The molecule has 1 unspecified atom stereocenters. The number of halogens is 1. The van der Waals surface area contributed by atoms with Crippen LogP contribution in [0.4, 0.5) is 0 Å². The van der Waals surface area contributed by atoms with Crippen LogP contribution < -0.4 is 5.32 Å². The number of piperazine rings is 1. The van der Waals surface area contributed by atoms with E-state index in [1.807, 2.05) is 31.2 Å². The van der Waals surface area contributed by atoms with Crippen LogP contribution in [0.3, 0.4) is 0 Å². The largest absolute Gasteiger partial charge is 0.351 e. The molecule has 0 spiro atoms. The van der Waals surface area contributed by atoms with Crippen molar-refractivity contribution in [1.29, 1.82) is 0 Å². The Morgan fingerprint density at radius 1 is 1.11 bits per heavy atom. The van der Waals surface area contributed by atoms with Crippen LogP contribution in [0, 0.1) is 0 Å². The Bertz CT molecular complexity index is 776. The van der Waals surface area contributed by atoms with Crippen LogP contribution in [0.2, 0.25) is 0 Å². The van der Waals surface area contributed by atoms with Gasteiger partial charge in [0.05, 0.1) is 5.25 Å². The van der Waals surface area contributed by atoms with Crippen molar-refractivity contribution in [2.75, 3.05) is 33.2 Å². The molecule has 1 atom stereocenters. The Kier molecular flexibility index (Phi) is 7.97. The average molecular weight is 462 g/mol. The highest BCUT2D eigenvalue weighted by atomic mass is 79.9. The Morgan fingerprint density at radius 3 is 2.50 bits per heavy atom. The molecule has 0 aliphatic carbocycles. The lowest BCUT2D eigenvalue weighted by atomic mass is 10.1. The number of likely N-dealkylation sites (N-methyl/N-ethyl adjacent to an activating group) is 1. The zero-order valence-electron chi connectivity index (χ0n) is 16.5. The number of carbonyl (C=O) groups excluding carboxylic acids is 1. The molecule has 150 valence electrons. The molecule has 6 heteroatoms. The molecule has 0 radical (unpaired) electrons. The van der Waals surface area contributed by atoms with E-state index in [-0.39, 0.29) is 11.2 Å². The SMILES string of the molecule is CC(Sc1ccc(Br)cc1)C(=O)NCc1cccc(CN2CCN(C)CC2)c1. The first-order valence-corrected chi connectivity index (χ1v) is 11.4. The van der Waals surface area contributed by atoms with Gasteiger partial charge < -0.3 is 10.2 Å². The Labute approximate surface area is 180 Å². The van der Waals surface area contributed by atoms with Gasteiger partial charge in [0, 0.05) is 48.6 Å². The molecule has 2 aromatic rings. The summed E-state index contributed by atoms with van der Waals surface area (Å²) < 4.78 is 1.05. The summed E-state index contributed by atoms with van der Waals surface area (Å²) >= 11 is 5.02. The number of amides is 1. The Hall–Kier alpha value is -1.34. The molecule has 1 fully saturated rings. The third-order valence-corrected chi connectivity index (χ3v) is 6.60. The zero-order chi connectivity index (χ0) is 19.9. The smallest absolute Gasteiger partial charge is 0.233 e. The van der Waals surface area contributed by atoms with E-state index in [9.17, 15) is 4.79 Å². The van der Waals surface area contributed by atoms with Crippen LogP contribution >= 0.6 is 27.7 Å². The number of rotatable bonds is 7. The highest BCUT2D eigenvalue weighted by molar-refractivity contribution is 9.10.